The SMILES string of the molecule is CCOC1CCC(C(=O)Oc2ccc(C3CC(C)(C)N(OC)C(C)(C)C3)c(F)c2)CC1. The maximum Gasteiger partial charge on any atom is 0.314 e. The summed E-state index contributed by atoms with van der Waals surface area (Å²) in [6.45, 7) is 11.2. The van der Waals surface area contributed by atoms with Crippen LogP contribution in [0.2, 0.25) is 0 Å². The summed E-state index contributed by atoms with van der Waals surface area (Å²) in [5.41, 5.74) is 0.229. The monoisotopic (exact) mass is 435 g/mol. The number of hydrogen-bond acceptors (Lipinski definition) is 5. The fourth-order valence-corrected chi connectivity index (χ4v) is 5.78. The second-order valence-electron chi connectivity index (χ2n) is 10.2. The molecule has 0 atom stereocenters. The molecule has 1 aliphatic carbocycles. The number of benzene rings is 1. The lowest BCUT2D eigenvalue weighted by atomic mass is 9.72. The van der Waals surface area contributed by atoms with E-state index in [-0.39, 0.29) is 46.6 Å². The van der Waals surface area contributed by atoms with E-state index in [4.69, 9.17) is 14.3 Å². The Morgan fingerprint density at radius 2 is 1.71 bits per heavy atom. The molecule has 1 aromatic rings. The van der Waals surface area contributed by atoms with Crippen LogP contribution in [0.5, 0.6) is 5.75 Å². The number of halogens is 1. The van der Waals surface area contributed by atoms with Gasteiger partial charge in [-0.15, -0.1) is 0 Å². The van der Waals surface area contributed by atoms with Crippen molar-refractivity contribution < 1.29 is 23.5 Å². The van der Waals surface area contributed by atoms with Crippen LogP contribution in [0.3, 0.4) is 0 Å². The number of hydroxylamine groups is 2. The molecule has 1 heterocycles. The molecular weight excluding hydrogens is 397 g/mol. The first-order chi connectivity index (χ1) is 14.6. The van der Waals surface area contributed by atoms with Gasteiger partial charge in [-0.1, -0.05) is 6.07 Å². The minimum absolute atomic E-state index is 0.0648. The van der Waals surface area contributed by atoms with Gasteiger partial charge in [-0.2, -0.15) is 5.06 Å². The molecule has 174 valence electrons. The fraction of sp³-hybridized carbons (Fsp3) is 0.720. The average Bonchev–Trinajstić information content (AvgIpc) is 2.67. The first-order valence-corrected chi connectivity index (χ1v) is 11.5. The van der Waals surface area contributed by atoms with Gasteiger partial charge in [0, 0.05) is 23.8 Å². The summed E-state index contributed by atoms with van der Waals surface area (Å²) in [4.78, 5) is 18.2. The third-order valence-corrected chi connectivity index (χ3v) is 6.81. The number of carbonyl (C=O) groups excluding carboxylic acids is 1. The smallest absolute Gasteiger partial charge is 0.314 e. The quantitative estimate of drug-likeness (QED) is 0.428. The normalized spacial score (nSPS) is 26.5. The fourth-order valence-electron chi connectivity index (χ4n) is 5.78. The molecule has 1 saturated carbocycles. The highest BCUT2D eigenvalue weighted by molar-refractivity contribution is 5.75. The van der Waals surface area contributed by atoms with E-state index < -0.39 is 0 Å². The van der Waals surface area contributed by atoms with Gasteiger partial charge < -0.3 is 14.3 Å². The van der Waals surface area contributed by atoms with Crippen molar-refractivity contribution >= 4 is 5.97 Å². The molecule has 0 unspecified atom stereocenters. The first kappa shape index (κ1) is 24.1. The summed E-state index contributed by atoms with van der Waals surface area (Å²) in [6, 6.07) is 4.87. The van der Waals surface area contributed by atoms with Crippen molar-refractivity contribution in [1.82, 2.24) is 5.06 Å². The van der Waals surface area contributed by atoms with Crippen LogP contribution in [0.15, 0.2) is 18.2 Å². The lowest BCUT2D eigenvalue weighted by molar-refractivity contribution is -0.266. The van der Waals surface area contributed by atoms with Crippen LogP contribution in [-0.4, -0.2) is 41.9 Å². The summed E-state index contributed by atoms with van der Waals surface area (Å²) in [5, 5.41) is 2.02. The third kappa shape index (κ3) is 5.47. The highest BCUT2D eigenvalue weighted by Gasteiger charge is 2.47. The molecule has 3 rings (SSSR count). The molecule has 1 aromatic carbocycles. The highest BCUT2D eigenvalue weighted by Crippen LogP contribution is 2.46. The molecule has 0 amide bonds. The van der Waals surface area contributed by atoms with Gasteiger partial charge in [0.1, 0.15) is 11.6 Å². The van der Waals surface area contributed by atoms with Crippen LogP contribution in [0.1, 0.15) is 84.6 Å². The predicted molar refractivity (Wildman–Crippen MR) is 118 cm³/mol. The highest BCUT2D eigenvalue weighted by atomic mass is 19.1. The van der Waals surface area contributed by atoms with Crippen molar-refractivity contribution in [3.63, 3.8) is 0 Å². The van der Waals surface area contributed by atoms with E-state index in [0.717, 1.165) is 38.5 Å². The summed E-state index contributed by atoms with van der Waals surface area (Å²) in [6.07, 6.45) is 5.05. The summed E-state index contributed by atoms with van der Waals surface area (Å²) >= 11 is 0. The number of ether oxygens (including phenoxy) is 2. The second kappa shape index (κ2) is 9.55. The van der Waals surface area contributed by atoms with Crippen molar-refractivity contribution in [2.45, 2.75) is 96.2 Å². The maximum atomic E-state index is 15.1. The van der Waals surface area contributed by atoms with E-state index in [9.17, 15) is 4.79 Å². The Morgan fingerprint density at radius 1 is 1.10 bits per heavy atom. The largest absolute Gasteiger partial charge is 0.426 e. The molecule has 0 aromatic heterocycles. The Morgan fingerprint density at radius 3 is 2.23 bits per heavy atom. The van der Waals surface area contributed by atoms with Crippen molar-refractivity contribution in [3.8, 4) is 5.75 Å². The zero-order valence-corrected chi connectivity index (χ0v) is 19.9. The standard InChI is InChI=1S/C25H38FNO4/c1-7-30-19-10-8-17(9-11-19)23(28)31-20-12-13-21(22(26)14-20)18-15-24(2,3)27(29-6)25(4,5)16-18/h12-14,17-19H,7-11,15-16H2,1-6H3. The third-order valence-electron chi connectivity index (χ3n) is 6.81. The minimum atomic E-state index is -0.312. The van der Waals surface area contributed by atoms with Gasteiger partial charge >= 0.3 is 5.97 Å². The Hall–Kier alpha value is -1.50. The lowest BCUT2D eigenvalue weighted by Crippen LogP contribution is -2.59. The molecule has 6 heteroatoms. The summed E-state index contributed by atoms with van der Waals surface area (Å²) in [5.74, 6) is -0.369. The van der Waals surface area contributed by atoms with E-state index in [1.807, 2.05) is 12.0 Å². The van der Waals surface area contributed by atoms with E-state index in [2.05, 4.69) is 27.7 Å². The maximum absolute atomic E-state index is 15.1. The van der Waals surface area contributed by atoms with Crippen LogP contribution in [0.25, 0.3) is 0 Å². The molecule has 31 heavy (non-hydrogen) atoms. The van der Waals surface area contributed by atoms with Gasteiger partial charge in [0.25, 0.3) is 0 Å². The number of rotatable bonds is 6. The van der Waals surface area contributed by atoms with E-state index >= 15 is 4.39 Å². The molecule has 1 aliphatic heterocycles. The van der Waals surface area contributed by atoms with Crippen molar-refractivity contribution in [2.75, 3.05) is 13.7 Å². The van der Waals surface area contributed by atoms with Gasteiger partial charge in [-0.3, -0.25) is 4.79 Å². The molecule has 0 radical (unpaired) electrons. The molecule has 5 nitrogen and oxygen atoms in total. The Labute approximate surface area is 186 Å². The van der Waals surface area contributed by atoms with Crippen molar-refractivity contribution in [2.24, 2.45) is 5.92 Å². The summed E-state index contributed by atoms with van der Waals surface area (Å²) in [7, 11) is 1.69. The molecule has 0 spiro atoms. The van der Waals surface area contributed by atoms with Gasteiger partial charge in [0.15, 0.2) is 0 Å². The zero-order chi connectivity index (χ0) is 22.8. The van der Waals surface area contributed by atoms with E-state index in [0.29, 0.717) is 12.2 Å². The topological polar surface area (TPSA) is 48.0 Å². The lowest BCUT2D eigenvalue weighted by Gasteiger charge is -2.53. The average molecular weight is 436 g/mol. The Balaban J connectivity index is 1.66. The molecule has 2 aliphatic rings. The number of hydrogen-bond donors (Lipinski definition) is 0. The summed E-state index contributed by atoms with van der Waals surface area (Å²) < 4.78 is 26.3. The Bertz CT molecular complexity index is 753. The van der Waals surface area contributed by atoms with Crippen LogP contribution < -0.4 is 4.74 Å². The predicted octanol–water partition coefficient (Wildman–Crippen LogP) is 5.62. The number of piperidine rings is 1. The van der Waals surface area contributed by atoms with Crippen LogP contribution in [0, 0.1) is 11.7 Å². The Kier molecular flexibility index (Phi) is 7.44. The van der Waals surface area contributed by atoms with E-state index in [1.165, 1.54) is 6.07 Å². The van der Waals surface area contributed by atoms with Crippen LogP contribution >= 0.6 is 0 Å². The number of carbonyl (C=O) groups is 1. The van der Waals surface area contributed by atoms with Crippen molar-refractivity contribution in [3.05, 3.63) is 29.6 Å². The van der Waals surface area contributed by atoms with Gasteiger partial charge in [-0.25, -0.2) is 4.39 Å². The molecule has 0 bridgehead atoms. The van der Waals surface area contributed by atoms with Gasteiger partial charge in [-0.05, 0) is 90.7 Å². The van der Waals surface area contributed by atoms with Gasteiger partial charge in [0.05, 0.1) is 19.1 Å². The molecule has 1 saturated heterocycles. The van der Waals surface area contributed by atoms with Gasteiger partial charge in [0.2, 0.25) is 0 Å². The first-order valence-electron chi connectivity index (χ1n) is 11.5. The molecule has 2 fully saturated rings. The second-order valence-corrected chi connectivity index (χ2v) is 10.2. The number of nitrogens with zero attached hydrogens (tertiary/aromatic N) is 1. The molecular formula is C25H38FNO4. The van der Waals surface area contributed by atoms with Crippen molar-refractivity contribution in [1.29, 1.82) is 0 Å². The van der Waals surface area contributed by atoms with Crippen LogP contribution in [-0.2, 0) is 14.4 Å². The molecule has 0 N–H and O–H groups in total. The van der Waals surface area contributed by atoms with Crippen LogP contribution in [0.4, 0.5) is 4.39 Å². The van der Waals surface area contributed by atoms with E-state index in [1.54, 1.807) is 19.2 Å². The minimum Gasteiger partial charge on any atom is -0.426 e. The number of esters is 1. The zero-order valence-electron chi connectivity index (χ0n) is 19.9.